The lowest BCUT2D eigenvalue weighted by Crippen LogP contribution is -2.41. The molecule has 2 aromatic heterocycles. The molecule has 3 heterocycles. The molecule has 2 amide bonds. The number of piperidine rings is 1. The van der Waals surface area contributed by atoms with Crippen molar-refractivity contribution in [3.63, 3.8) is 0 Å². The van der Waals surface area contributed by atoms with E-state index in [0.29, 0.717) is 12.5 Å². The van der Waals surface area contributed by atoms with Gasteiger partial charge in [0.1, 0.15) is 0 Å². The van der Waals surface area contributed by atoms with Crippen molar-refractivity contribution < 1.29 is 4.79 Å². The molecule has 2 N–H and O–H groups in total. The predicted octanol–water partition coefficient (Wildman–Crippen LogP) is 2.85. The second-order valence-electron chi connectivity index (χ2n) is 6.18. The Morgan fingerprint density at radius 1 is 1.21 bits per heavy atom. The molecule has 0 aliphatic carbocycles. The highest BCUT2D eigenvalue weighted by Gasteiger charge is 2.19. The van der Waals surface area contributed by atoms with Crippen LogP contribution in [0.25, 0.3) is 0 Å². The number of aromatic nitrogens is 1. The maximum absolute atomic E-state index is 11.9. The molecule has 0 saturated carbocycles. The van der Waals surface area contributed by atoms with E-state index in [9.17, 15) is 4.79 Å². The summed E-state index contributed by atoms with van der Waals surface area (Å²) in [6.45, 7) is 4.49. The molecular weight excluding hydrogens is 320 g/mol. The predicted molar refractivity (Wildman–Crippen MR) is 96.8 cm³/mol. The summed E-state index contributed by atoms with van der Waals surface area (Å²) in [5.74, 6) is 0.574. The summed E-state index contributed by atoms with van der Waals surface area (Å²) < 4.78 is 0. The molecule has 0 atom stereocenters. The Morgan fingerprint density at radius 3 is 2.79 bits per heavy atom. The zero-order valence-electron chi connectivity index (χ0n) is 13.8. The molecule has 0 spiro atoms. The van der Waals surface area contributed by atoms with Crippen LogP contribution in [0.1, 0.15) is 23.4 Å². The third-order valence-electron chi connectivity index (χ3n) is 4.37. The molecule has 24 heavy (non-hydrogen) atoms. The molecule has 128 valence electrons. The second kappa shape index (κ2) is 8.80. The summed E-state index contributed by atoms with van der Waals surface area (Å²) in [6, 6.07) is 9.90. The van der Waals surface area contributed by atoms with Crippen LogP contribution in [0, 0.1) is 5.92 Å². The molecule has 6 heteroatoms. The number of amides is 2. The number of urea groups is 1. The summed E-state index contributed by atoms with van der Waals surface area (Å²) in [7, 11) is 0. The normalized spacial score (nSPS) is 16.0. The lowest BCUT2D eigenvalue weighted by molar-refractivity contribution is 0.176. The third kappa shape index (κ3) is 5.32. The van der Waals surface area contributed by atoms with Crippen LogP contribution >= 0.6 is 11.3 Å². The number of thiophene rings is 1. The lowest BCUT2D eigenvalue weighted by atomic mass is 9.97. The molecule has 2 aromatic rings. The fourth-order valence-corrected chi connectivity index (χ4v) is 3.69. The van der Waals surface area contributed by atoms with Gasteiger partial charge in [0.25, 0.3) is 0 Å². The van der Waals surface area contributed by atoms with E-state index < -0.39 is 0 Å². The monoisotopic (exact) mass is 344 g/mol. The van der Waals surface area contributed by atoms with Gasteiger partial charge < -0.3 is 10.6 Å². The fraction of sp³-hybridized carbons (Fsp3) is 0.444. The standard InChI is InChI=1S/C18H24N4OS/c23-18(21-13-16-4-1-2-8-19-16)20-12-15-6-9-22(10-7-15)14-17-5-3-11-24-17/h1-5,8,11,15H,6-7,9-10,12-14H2,(H2,20,21,23). The van der Waals surface area contributed by atoms with E-state index in [1.807, 2.05) is 29.5 Å². The Labute approximate surface area is 147 Å². The van der Waals surface area contributed by atoms with E-state index in [-0.39, 0.29) is 6.03 Å². The quantitative estimate of drug-likeness (QED) is 0.847. The Morgan fingerprint density at radius 2 is 2.08 bits per heavy atom. The molecule has 1 aliphatic rings. The molecule has 1 aliphatic heterocycles. The summed E-state index contributed by atoms with van der Waals surface area (Å²) >= 11 is 1.82. The smallest absolute Gasteiger partial charge is 0.315 e. The average molecular weight is 344 g/mol. The number of likely N-dealkylation sites (tertiary alicyclic amines) is 1. The van der Waals surface area contributed by atoms with E-state index in [4.69, 9.17) is 0 Å². The number of nitrogens with one attached hydrogen (secondary N) is 2. The van der Waals surface area contributed by atoms with Crippen molar-refractivity contribution >= 4 is 17.4 Å². The first kappa shape index (κ1) is 16.9. The van der Waals surface area contributed by atoms with Gasteiger partial charge in [0.05, 0.1) is 12.2 Å². The summed E-state index contributed by atoms with van der Waals surface area (Å²) in [6.07, 6.45) is 4.02. The highest BCUT2D eigenvalue weighted by atomic mass is 32.1. The Kier molecular flexibility index (Phi) is 6.20. The topological polar surface area (TPSA) is 57.3 Å². The van der Waals surface area contributed by atoms with Gasteiger partial charge in [-0.2, -0.15) is 0 Å². The zero-order valence-corrected chi connectivity index (χ0v) is 14.6. The number of carbonyl (C=O) groups excluding carboxylic acids is 1. The van der Waals surface area contributed by atoms with Crippen molar-refractivity contribution in [2.45, 2.75) is 25.9 Å². The van der Waals surface area contributed by atoms with Gasteiger partial charge in [-0.05, 0) is 55.4 Å². The van der Waals surface area contributed by atoms with Gasteiger partial charge in [0.15, 0.2) is 0 Å². The second-order valence-corrected chi connectivity index (χ2v) is 7.22. The van der Waals surface area contributed by atoms with E-state index in [2.05, 4.69) is 38.0 Å². The van der Waals surface area contributed by atoms with Crippen LogP contribution < -0.4 is 10.6 Å². The molecule has 0 unspecified atom stereocenters. The number of hydrogen-bond donors (Lipinski definition) is 2. The average Bonchev–Trinajstić information content (AvgIpc) is 3.13. The zero-order chi connectivity index (χ0) is 16.6. The minimum atomic E-state index is -0.110. The molecule has 5 nitrogen and oxygen atoms in total. The van der Waals surface area contributed by atoms with Crippen molar-refractivity contribution in [2.24, 2.45) is 5.92 Å². The number of rotatable bonds is 6. The number of carbonyl (C=O) groups is 1. The molecule has 1 fully saturated rings. The van der Waals surface area contributed by atoms with Crippen LogP contribution in [0.3, 0.4) is 0 Å². The molecule has 1 saturated heterocycles. The first-order chi connectivity index (χ1) is 11.8. The van der Waals surface area contributed by atoms with Crippen LogP contribution in [0.15, 0.2) is 41.9 Å². The summed E-state index contributed by atoms with van der Waals surface area (Å²) in [5, 5.41) is 7.98. The van der Waals surface area contributed by atoms with Gasteiger partial charge in [-0.1, -0.05) is 12.1 Å². The first-order valence-electron chi connectivity index (χ1n) is 8.46. The maximum Gasteiger partial charge on any atom is 0.315 e. The Balaban J connectivity index is 1.31. The van der Waals surface area contributed by atoms with Gasteiger partial charge in [-0.3, -0.25) is 9.88 Å². The maximum atomic E-state index is 11.9. The number of pyridine rings is 1. The van der Waals surface area contributed by atoms with E-state index >= 15 is 0 Å². The fourth-order valence-electron chi connectivity index (χ4n) is 2.94. The van der Waals surface area contributed by atoms with Crippen molar-refractivity contribution in [3.8, 4) is 0 Å². The third-order valence-corrected chi connectivity index (χ3v) is 5.24. The SMILES string of the molecule is O=C(NCc1ccccn1)NCC1CCN(Cc2cccs2)CC1. The van der Waals surface area contributed by atoms with Crippen LogP contribution in [-0.2, 0) is 13.1 Å². The van der Waals surface area contributed by atoms with E-state index in [1.54, 1.807) is 6.20 Å². The van der Waals surface area contributed by atoms with Crippen molar-refractivity contribution in [1.82, 2.24) is 20.5 Å². The Bertz CT molecular complexity index is 609. The summed E-state index contributed by atoms with van der Waals surface area (Å²) in [5.41, 5.74) is 0.870. The van der Waals surface area contributed by atoms with Crippen LogP contribution in [0.2, 0.25) is 0 Å². The van der Waals surface area contributed by atoms with Crippen LogP contribution in [-0.4, -0.2) is 35.5 Å². The largest absolute Gasteiger partial charge is 0.338 e. The van der Waals surface area contributed by atoms with Crippen molar-refractivity contribution in [2.75, 3.05) is 19.6 Å². The van der Waals surface area contributed by atoms with Gasteiger partial charge >= 0.3 is 6.03 Å². The van der Waals surface area contributed by atoms with Gasteiger partial charge in [-0.15, -0.1) is 11.3 Å². The highest BCUT2D eigenvalue weighted by molar-refractivity contribution is 7.09. The molecular formula is C18H24N4OS. The van der Waals surface area contributed by atoms with Gasteiger partial charge in [0.2, 0.25) is 0 Å². The molecule has 0 aromatic carbocycles. The lowest BCUT2D eigenvalue weighted by Gasteiger charge is -2.31. The highest BCUT2D eigenvalue weighted by Crippen LogP contribution is 2.20. The van der Waals surface area contributed by atoms with Crippen LogP contribution in [0.5, 0.6) is 0 Å². The van der Waals surface area contributed by atoms with Crippen LogP contribution in [0.4, 0.5) is 4.79 Å². The van der Waals surface area contributed by atoms with E-state index in [0.717, 1.165) is 44.7 Å². The minimum Gasteiger partial charge on any atom is -0.338 e. The van der Waals surface area contributed by atoms with E-state index in [1.165, 1.54) is 4.88 Å². The van der Waals surface area contributed by atoms with Crippen molar-refractivity contribution in [1.29, 1.82) is 0 Å². The summed E-state index contributed by atoms with van der Waals surface area (Å²) in [4.78, 5) is 20.0. The van der Waals surface area contributed by atoms with Gasteiger partial charge in [0, 0.05) is 24.2 Å². The van der Waals surface area contributed by atoms with Crippen molar-refractivity contribution in [3.05, 3.63) is 52.5 Å². The number of hydrogen-bond acceptors (Lipinski definition) is 4. The molecule has 3 rings (SSSR count). The molecule has 0 radical (unpaired) electrons. The Hall–Kier alpha value is -1.92. The van der Waals surface area contributed by atoms with Gasteiger partial charge in [-0.25, -0.2) is 4.79 Å². The number of nitrogens with zero attached hydrogens (tertiary/aromatic N) is 2. The molecule has 0 bridgehead atoms. The minimum absolute atomic E-state index is 0.110. The first-order valence-corrected chi connectivity index (χ1v) is 9.34.